The van der Waals surface area contributed by atoms with Gasteiger partial charge in [-0.05, 0) is 24.3 Å². The SMILES string of the molecule is FC(F)(F)c1cc(-c2cccc3ncccc23)[nH]c(=S)c1. The predicted octanol–water partition coefficient (Wildman–Crippen LogP) is 4.98. The van der Waals surface area contributed by atoms with Gasteiger partial charge in [-0.25, -0.2) is 0 Å². The summed E-state index contributed by atoms with van der Waals surface area (Å²) in [6, 6.07) is 10.8. The Hall–Kier alpha value is -2.21. The van der Waals surface area contributed by atoms with Gasteiger partial charge in [0.15, 0.2) is 0 Å². The number of rotatable bonds is 1. The highest BCUT2D eigenvalue weighted by Crippen LogP contribution is 2.33. The van der Waals surface area contributed by atoms with Crippen LogP contribution >= 0.6 is 12.2 Å². The third-order valence-electron chi connectivity index (χ3n) is 3.11. The van der Waals surface area contributed by atoms with Gasteiger partial charge in [0.2, 0.25) is 0 Å². The fourth-order valence-electron chi connectivity index (χ4n) is 2.19. The molecule has 0 unspecified atom stereocenters. The van der Waals surface area contributed by atoms with Gasteiger partial charge in [-0.2, -0.15) is 13.2 Å². The zero-order chi connectivity index (χ0) is 15.0. The normalized spacial score (nSPS) is 11.8. The Morgan fingerprint density at radius 2 is 1.86 bits per heavy atom. The number of benzene rings is 1. The first-order valence-corrected chi connectivity index (χ1v) is 6.52. The molecule has 2 nitrogen and oxygen atoms in total. The first-order chi connectivity index (χ1) is 9.95. The molecule has 0 fully saturated rings. The molecule has 0 spiro atoms. The van der Waals surface area contributed by atoms with E-state index in [9.17, 15) is 13.2 Å². The lowest BCUT2D eigenvalue weighted by molar-refractivity contribution is -0.137. The Morgan fingerprint density at radius 1 is 1.05 bits per heavy atom. The van der Waals surface area contributed by atoms with Crippen LogP contribution < -0.4 is 0 Å². The number of aromatic amines is 1. The van der Waals surface area contributed by atoms with Gasteiger partial charge in [-0.1, -0.05) is 30.4 Å². The Morgan fingerprint density at radius 3 is 2.62 bits per heavy atom. The summed E-state index contributed by atoms with van der Waals surface area (Å²) in [5, 5.41) is 0.768. The van der Waals surface area contributed by atoms with E-state index in [0.29, 0.717) is 16.8 Å². The Kier molecular flexibility index (Phi) is 3.25. The first kappa shape index (κ1) is 13.8. The predicted molar refractivity (Wildman–Crippen MR) is 77.4 cm³/mol. The van der Waals surface area contributed by atoms with Crippen molar-refractivity contribution in [2.24, 2.45) is 0 Å². The van der Waals surface area contributed by atoms with Gasteiger partial charge < -0.3 is 4.98 Å². The van der Waals surface area contributed by atoms with Gasteiger partial charge >= 0.3 is 6.18 Å². The summed E-state index contributed by atoms with van der Waals surface area (Å²) in [5.74, 6) is 0. The molecule has 0 radical (unpaired) electrons. The minimum Gasteiger partial charge on any atom is -0.346 e. The average molecular weight is 306 g/mol. The average Bonchev–Trinajstić information content (AvgIpc) is 2.45. The number of hydrogen-bond acceptors (Lipinski definition) is 2. The molecule has 3 aromatic rings. The number of H-pyrrole nitrogens is 1. The highest BCUT2D eigenvalue weighted by Gasteiger charge is 2.31. The maximum atomic E-state index is 12.9. The molecular formula is C15H9F3N2S. The Balaban J connectivity index is 2.29. The van der Waals surface area contributed by atoms with Gasteiger partial charge in [-0.15, -0.1) is 0 Å². The van der Waals surface area contributed by atoms with Crippen molar-refractivity contribution in [3.8, 4) is 11.3 Å². The van der Waals surface area contributed by atoms with Crippen LogP contribution in [0.3, 0.4) is 0 Å². The molecule has 6 heteroatoms. The summed E-state index contributed by atoms with van der Waals surface area (Å²) < 4.78 is 38.8. The molecule has 0 aliphatic carbocycles. The molecule has 0 bridgehead atoms. The second-order valence-electron chi connectivity index (χ2n) is 4.52. The van der Waals surface area contributed by atoms with Crippen molar-refractivity contribution in [3.05, 3.63) is 58.9 Å². The summed E-state index contributed by atoms with van der Waals surface area (Å²) in [6.45, 7) is 0. The number of nitrogens with one attached hydrogen (secondary N) is 1. The van der Waals surface area contributed by atoms with Gasteiger partial charge in [0, 0.05) is 22.8 Å². The standard InChI is InChI=1S/C15H9F3N2S/c16-15(17,18)9-7-13(20-14(21)8-9)11-3-1-5-12-10(11)4-2-6-19-12/h1-8H,(H,20,21). The number of halogens is 3. The van der Waals surface area contributed by atoms with Crippen LogP contribution in [0.4, 0.5) is 13.2 Å². The largest absolute Gasteiger partial charge is 0.416 e. The van der Waals surface area contributed by atoms with Crippen LogP contribution in [-0.2, 0) is 6.18 Å². The van der Waals surface area contributed by atoms with Crippen molar-refractivity contribution >= 4 is 23.1 Å². The van der Waals surface area contributed by atoms with Crippen molar-refractivity contribution in [1.29, 1.82) is 0 Å². The number of aromatic nitrogens is 2. The molecule has 0 atom stereocenters. The molecule has 0 saturated carbocycles. The topological polar surface area (TPSA) is 28.7 Å². The van der Waals surface area contributed by atoms with E-state index in [4.69, 9.17) is 12.2 Å². The lowest BCUT2D eigenvalue weighted by Gasteiger charge is -2.11. The van der Waals surface area contributed by atoms with Crippen LogP contribution in [0, 0.1) is 4.64 Å². The van der Waals surface area contributed by atoms with E-state index < -0.39 is 11.7 Å². The highest BCUT2D eigenvalue weighted by molar-refractivity contribution is 7.71. The van der Waals surface area contributed by atoms with E-state index in [1.807, 2.05) is 6.07 Å². The zero-order valence-electron chi connectivity index (χ0n) is 10.6. The summed E-state index contributed by atoms with van der Waals surface area (Å²) in [6.07, 6.45) is -2.79. The van der Waals surface area contributed by atoms with E-state index >= 15 is 0 Å². The lowest BCUT2D eigenvalue weighted by Crippen LogP contribution is -2.05. The molecular weight excluding hydrogens is 297 g/mol. The van der Waals surface area contributed by atoms with Gasteiger partial charge in [0.25, 0.3) is 0 Å². The van der Waals surface area contributed by atoms with Crippen LogP contribution in [0.2, 0.25) is 0 Å². The molecule has 2 aromatic heterocycles. The monoisotopic (exact) mass is 306 g/mol. The fourth-order valence-corrected chi connectivity index (χ4v) is 2.43. The first-order valence-electron chi connectivity index (χ1n) is 6.11. The van der Waals surface area contributed by atoms with Crippen molar-refractivity contribution in [3.63, 3.8) is 0 Å². The molecule has 1 N–H and O–H groups in total. The molecule has 106 valence electrons. The second kappa shape index (κ2) is 4.96. The molecule has 0 aliphatic rings. The summed E-state index contributed by atoms with van der Waals surface area (Å²) in [7, 11) is 0. The fraction of sp³-hybridized carbons (Fsp3) is 0.0667. The molecule has 1 aromatic carbocycles. The lowest BCUT2D eigenvalue weighted by atomic mass is 10.0. The second-order valence-corrected chi connectivity index (χ2v) is 4.96. The van der Waals surface area contributed by atoms with E-state index in [1.165, 1.54) is 0 Å². The molecule has 2 heterocycles. The summed E-state index contributed by atoms with van der Waals surface area (Å²) >= 11 is 4.91. The van der Waals surface area contributed by atoms with E-state index in [0.717, 1.165) is 17.5 Å². The van der Waals surface area contributed by atoms with Gasteiger partial charge in [-0.3, -0.25) is 4.98 Å². The molecule has 0 aliphatic heterocycles. The van der Waals surface area contributed by atoms with Crippen LogP contribution in [0.15, 0.2) is 48.7 Å². The molecule has 0 saturated heterocycles. The van der Waals surface area contributed by atoms with Crippen LogP contribution in [0.25, 0.3) is 22.2 Å². The zero-order valence-corrected chi connectivity index (χ0v) is 11.4. The molecule has 3 rings (SSSR count). The maximum Gasteiger partial charge on any atom is 0.416 e. The highest BCUT2D eigenvalue weighted by atomic mass is 32.1. The number of hydrogen-bond donors (Lipinski definition) is 1. The minimum absolute atomic E-state index is 0.0423. The smallest absolute Gasteiger partial charge is 0.346 e. The van der Waals surface area contributed by atoms with Gasteiger partial charge in [0.05, 0.1) is 11.1 Å². The third kappa shape index (κ3) is 2.67. The van der Waals surface area contributed by atoms with Crippen molar-refractivity contribution in [1.82, 2.24) is 9.97 Å². The number of alkyl halides is 3. The quantitative estimate of drug-likeness (QED) is 0.642. The van der Waals surface area contributed by atoms with E-state index in [-0.39, 0.29) is 4.64 Å². The van der Waals surface area contributed by atoms with Crippen molar-refractivity contribution in [2.45, 2.75) is 6.18 Å². The summed E-state index contributed by atoms with van der Waals surface area (Å²) in [5.41, 5.74) is 0.917. The number of pyridine rings is 2. The van der Waals surface area contributed by atoms with Crippen molar-refractivity contribution < 1.29 is 13.2 Å². The van der Waals surface area contributed by atoms with Crippen LogP contribution in [0.1, 0.15) is 5.56 Å². The van der Waals surface area contributed by atoms with E-state index in [2.05, 4.69) is 9.97 Å². The number of fused-ring (bicyclic) bond motifs is 1. The number of nitrogens with zero attached hydrogens (tertiary/aromatic N) is 1. The third-order valence-corrected chi connectivity index (χ3v) is 3.33. The molecule has 21 heavy (non-hydrogen) atoms. The minimum atomic E-state index is -4.43. The van der Waals surface area contributed by atoms with Crippen molar-refractivity contribution in [2.75, 3.05) is 0 Å². The van der Waals surface area contributed by atoms with Crippen LogP contribution in [-0.4, -0.2) is 9.97 Å². The van der Waals surface area contributed by atoms with Crippen LogP contribution in [0.5, 0.6) is 0 Å². The summed E-state index contributed by atoms with van der Waals surface area (Å²) in [4.78, 5) is 7.01. The van der Waals surface area contributed by atoms with Gasteiger partial charge in [0.1, 0.15) is 4.64 Å². The Labute approximate surface area is 123 Å². The molecule has 0 amide bonds. The maximum absolute atomic E-state index is 12.9. The van der Waals surface area contributed by atoms with E-state index in [1.54, 1.807) is 30.5 Å². The Bertz CT molecular complexity index is 863.